The summed E-state index contributed by atoms with van der Waals surface area (Å²) >= 11 is 0. The molecule has 1 amide bonds. The number of phenols is 1. The number of phenolic OH excluding ortho intramolecular Hbond substituents is 1. The molecule has 22 heavy (non-hydrogen) atoms. The second-order valence-corrected chi connectivity index (χ2v) is 7.65. The summed E-state index contributed by atoms with van der Waals surface area (Å²) in [7, 11) is 0. The fraction of sp³-hybridized carbons (Fsp3) is 0.632. The first-order valence-electron chi connectivity index (χ1n) is 8.75. The Morgan fingerprint density at radius 1 is 1.05 bits per heavy atom. The van der Waals surface area contributed by atoms with Crippen molar-refractivity contribution in [3.05, 3.63) is 29.8 Å². The molecule has 3 nitrogen and oxygen atoms in total. The topological polar surface area (TPSA) is 49.3 Å². The van der Waals surface area contributed by atoms with E-state index >= 15 is 0 Å². The van der Waals surface area contributed by atoms with Crippen molar-refractivity contribution in [1.29, 1.82) is 0 Å². The molecule has 0 radical (unpaired) electrons. The fourth-order valence-electron chi connectivity index (χ4n) is 5.39. The summed E-state index contributed by atoms with van der Waals surface area (Å²) in [5, 5.41) is 13.1. The summed E-state index contributed by atoms with van der Waals surface area (Å²) in [6.45, 7) is 0. The Balaban J connectivity index is 1.34. The minimum Gasteiger partial charge on any atom is -0.508 e. The van der Waals surface area contributed by atoms with E-state index in [1.54, 1.807) is 6.07 Å². The minimum absolute atomic E-state index is 0.153. The van der Waals surface area contributed by atoms with Crippen LogP contribution in [0.5, 0.6) is 5.75 Å². The first kappa shape index (κ1) is 14.1. The van der Waals surface area contributed by atoms with Crippen molar-refractivity contribution in [2.75, 3.05) is 0 Å². The molecule has 0 heterocycles. The number of hydrogen-bond acceptors (Lipinski definition) is 2. The molecule has 1 aromatic rings. The van der Waals surface area contributed by atoms with E-state index in [1.165, 1.54) is 32.1 Å². The lowest BCUT2D eigenvalue weighted by atomic mass is 9.54. The first-order chi connectivity index (χ1) is 10.7. The van der Waals surface area contributed by atoms with Crippen LogP contribution in [0, 0.1) is 23.7 Å². The van der Waals surface area contributed by atoms with Crippen LogP contribution < -0.4 is 5.32 Å². The number of amides is 1. The minimum atomic E-state index is 0.153. The SMILES string of the molecule is O=C(CCc1ccccc1O)NC1C2CC3CC(C2)CC1C3. The van der Waals surface area contributed by atoms with Gasteiger partial charge in [0.15, 0.2) is 0 Å². The molecule has 4 bridgehead atoms. The average Bonchev–Trinajstić information content (AvgIpc) is 2.49. The van der Waals surface area contributed by atoms with Gasteiger partial charge in [0.25, 0.3) is 0 Å². The van der Waals surface area contributed by atoms with Crippen molar-refractivity contribution in [1.82, 2.24) is 5.32 Å². The first-order valence-corrected chi connectivity index (χ1v) is 8.75. The Kier molecular flexibility index (Phi) is 3.59. The Morgan fingerprint density at radius 3 is 2.32 bits per heavy atom. The Labute approximate surface area is 132 Å². The lowest BCUT2D eigenvalue weighted by molar-refractivity contribution is -0.125. The van der Waals surface area contributed by atoms with E-state index in [2.05, 4.69) is 5.32 Å². The van der Waals surface area contributed by atoms with Crippen LogP contribution in [0.25, 0.3) is 0 Å². The number of nitrogens with one attached hydrogen (secondary N) is 1. The van der Waals surface area contributed by atoms with Gasteiger partial charge in [-0.3, -0.25) is 4.79 Å². The maximum absolute atomic E-state index is 12.3. The third kappa shape index (κ3) is 2.62. The summed E-state index contributed by atoms with van der Waals surface area (Å²) in [6.07, 6.45) is 7.86. The molecule has 0 spiro atoms. The van der Waals surface area contributed by atoms with Crippen molar-refractivity contribution in [2.45, 2.75) is 51.0 Å². The molecule has 3 heteroatoms. The average molecular weight is 299 g/mol. The summed E-state index contributed by atoms with van der Waals surface area (Å²) < 4.78 is 0. The number of carbonyl (C=O) groups is 1. The van der Waals surface area contributed by atoms with Gasteiger partial charge in [-0.1, -0.05) is 18.2 Å². The van der Waals surface area contributed by atoms with Crippen LogP contribution in [0.1, 0.15) is 44.1 Å². The van der Waals surface area contributed by atoms with E-state index < -0.39 is 0 Å². The molecular formula is C19H25NO2. The molecule has 4 aliphatic carbocycles. The Bertz CT molecular complexity index is 540. The van der Waals surface area contributed by atoms with Crippen LogP contribution >= 0.6 is 0 Å². The predicted octanol–water partition coefficient (Wildman–Crippen LogP) is 3.27. The van der Waals surface area contributed by atoms with Crippen molar-refractivity contribution >= 4 is 5.91 Å². The molecule has 5 rings (SSSR count). The molecule has 1 aromatic carbocycles. The fourth-order valence-corrected chi connectivity index (χ4v) is 5.39. The number of carbonyl (C=O) groups excluding carboxylic acids is 1. The van der Waals surface area contributed by atoms with Crippen molar-refractivity contribution in [3.63, 3.8) is 0 Å². The Hall–Kier alpha value is -1.51. The van der Waals surface area contributed by atoms with Gasteiger partial charge in [-0.25, -0.2) is 0 Å². The zero-order valence-corrected chi connectivity index (χ0v) is 13.0. The molecule has 0 aliphatic heterocycles. The predicted molar refractivity (Wildman–Crippen MR) is 85.4 cm³/mol. The van der Waals surface area contributed by atoms with E-state index in [-0.39, 0.29) is 5.91 Å². The molecule has 4 fully saturated rings. The molecule has 118 valence electrons. The quantitative estimate of drug-likeness (QED) is 0.896. The third-order valence-electron chi connectivity index (χ3n) is 6.17. The van der Waals surface area contributed by atoms with E-state index in [0.29, 0.717) is 24.6 Å². The summed E-state index contributed by atoms with van der Waals surface area (Å²) in [4.78, 5) is 12.3. The van der Waals surface area contributed by atoms with E-state index in [0.717, 1.165) is 29.2 Å². The van der Waals surface area contributed by atoms with Crippen molar-refractivity contribution in [3.8, 4) is 5.75 Å². The highest BCUT2D eigenvalue weighted by Gasteiger charge is 2.48. The Morgan fingerprint density at radius 2 is 1.68 bits per heavy atom. The van der Waals surface area contributed by atoms with E-state index in [9.17, 15) is 9.90 Å². The monoisotopic (exact) mass is 299 g/mol. The highest BCUT2D eigenvalue weighted by atomic mass is 16.3. The number of aryl methyl sites for hydroxylation is 1. The second kappa shape index (κ2) is 5.60. The van der Waals surface area contributed by atoms with Crippen LogP contribution in [-0.4, -0.2) is 17.1 Å². The molecule has 0 aromatic heterocycles. The smallest absolute Gasteiger partial charge is 0.220 e. The van der Waals surface area contributed by atoms with Crippen LogP contribution in [0.2, 0.25) is 0 Å². The molecule has 0 saturated heterocycles. The van der Waals surface area contributed by atoms with Gasteiger partial charge < -0.3 is 10.4 Å². The normalized spacial score (nSPS) is 35.5. The summed E-state index contributed by atoms with van der Waals surface area (Å²) in [5.41, 5.74) is 0.864. The van der Waals surface area contributed by atoms with Gasteiger partial charge >= 0.3 is 0 Å². The lowest BCUT2D eigenvalue weighted by Crippen LogP contribution is -2.55. The summed E-state index contributed by atoms with van der Waals surface area (Å²) in [5.74, 6) is 3.79. The molecule has 0 unspecified atom stereocenters. The molecule has 4 aliphatic rings. The van der Waals surface area contributed by atoms with Crippen molar-refractivity contribution in [2.24, 2.45) is 23.7 Å². The van der Waals surface area contributed by atoms with Gasteiger partial charge in [0.2, 0.25) is 5.91 Å². The van der Waals surface area contributed by atoms with Gasteiger partial charge in [0.05, 0.1) is 0 Å². The van der Waals surface area contributed by atoms with E-state index in [1.807, 2.05) is 18.2 Å². The number of rotatable bonds is 4. The van der Waals surface area contributed by atoms with Gasteiger partial charge in [-0.15, -0.1) is 0 Å². The summed E-state index contributed by atoms with van der Waals surface area (Å²) in [6, 6.07) is 7.72. The number of aromatic hydroxyl groups is 1. The number of para-hydroxylation sites is 1. The molecule has 4 saturated carbocycles. The van der Waals surface area contributed by atoms with Crippen LogP contribution in [0.4, 0.5) is 0 Å². The molecule has 0 atom stereocenters. The number of benzene rings is 1. The third-order valence-corrected chi connectivity index (χ3v) is 6.17. The van der Waals surface area contributed by atoms with Crippen molar-refractivity contribution < 1.29 is 9.90 Å². The van der Waals surface area contributed by atoms with Gasteiger partial charge in [-0.2, -0.15) is 0 Å². The van der Waals surface area contributed by atoms with Crippen LogP contribution in [0.3, 0.4) is 0 Å². The van der Waals surface area contributed by atoms with Gasteiger partial charge in [0.1, 0.15) is 5.75 Å². The second-order valence-electron chi connectivity index (χ2n) is 7.65. The maximum Gasteiger partial charge on any atom is 0.220 e. The van der Waals surface area contributed by atoms with Gasteiger partial charge in [-0.05, 0) is 73.8 Å². The highest BCUT2D eigenvalue weighted by Crippen LogP contribution is 2.53. The zero-order valence-electron chi connectivity index (χ0n) is 13.0. The lowest BCUT2D eigenvalue weighted by Gasteiger charge is -2.54. The van der Waals surface area contributed by atoms with E-state index in [4.69, 9.17) is 0 Å². The zero-order chi connectivity index (χ0) is 15.1. The highest BCUT2D eigenvalue weighted by molar-refractivity contribution is 5.76. The maximum atomic E-state index is 12.3. The van der Waals surface area contributed by atoms with Gasteiger partial charge in [0, 0.05) is 12.5 Å². The standard InChI is InChI=1S/C19H25NO2/c21-17-4-2-1-3-14(17)5-6-18(22)20-19-15-8-12-7-13(10-15)11-16(19)9-12/h1-4,12-13,15-16,19,21H,5-11H2,(H,20,22). The largest absolute Gasteiger partial charge is 0.508 e. The molecule has 2 N–H and O–H groups in total. The number of hydrogen-bond donors (Lipinski definition) is 2. The van der Waals surface area contributed by atoms with Crippen LogP contribution in [-0.2, 0) is 11.2 Å². The van der Waals surface area contributed by atoms with Crippen LogP contribution in [0.15, 0.2) is 24.3 Å². The molecular weight excluding hydrogens is 274 g/mol.